The Morgan fingerprint density at radius 2 is 1.84 bits per heavy atom. The SMILES string of the molecule is CCN(C)CC(=O)N1CCC2(C1)CN(C(=O)C(F)c1ccccc1)C2. The van der Waals surface area contributed by atoms with Gasteiger partial charge in [0.1, 0.15) is 0 Å². The number of hydrogen-bond acceptors (Lipinski definition) is 3. The summed E-state index contributed by atoms with van der Waals surface area (Å²) >= 11 is 0. The van der Waals surface area contributed by atoms with E-state index in [9.17, 15) is 14.0 Å². The van der Waals surface area contributed by atoms with Crippen LogP contribution in [-0.2, 0) is 9.59 Å². The van der Waals surface area contributed by atoms with Gasteiger partial charge < -0.3 is 9.80 Å². The number of likely N-dealkylation sites (tertiary alicyclic amines) is 2. The third-order valence-corrected chi connectivity index (χ3v) is 5.41. The lowest BCUT2D eigenvalue weighted by atomic mass is 9.78. The van der Waals surface area contributed by atoms with Gasteiger partial charge in [0.25, 0.3) is 5.91 Å². The molecule has 1 spiro atoms. The Bertz CT molecular complexity index is 631. The quantitative estimate of drug-likeness (QED) is 0.814. The molecule has 6 heteroatoms. The molecule has 0 radical (unpaired) electrons. The van der Waals surface area contributed by atoms with Crippen LogP contribution in [0.15, 0.2) is 30.3 Å². The first-order valence-corrected chi connectivity index (χ1v) is 8.88. The smallest absolute Gasteiger partial charge is 0.261 e. The monoisotopic (exact) mass is 347 g/mol. The molecule has 0 aromatic heterocycles. The van der Waals surface area contributed by atoms with E-state index < -0.39 is 12.1 Å². The molecule has 1 aromatic rings. The topological polar surface area (TPSA) is 43.9 Å². The highest BCUT2D eigenvalue weighted by Gasteiger charge is 2.51. The van der Waals surface area contributed by atoms with E-state index in [2.05, 4.69) is 0 Å². The van der Waals surface area contributed by atoms with Crippen LogP contribution in [0, 0.1) is 5.41 Å². The number of carbonyl (C=O) groups is 2. The van der Waals surface area contributed by atoms with Crippen LogP contribution in [-0.4, -0.2) is 72.8 Å². The molecule has 3 rings (SSSR count). The summed E-state index contributed by atoms with van der Waals surface area (Å²) in [5.41, 5.74) is 0.367. The zero-order valence-corrected chi connectivity index (χ0v) is 14.9. The zero-order chi connectivity index (χ0) is 18.0. The van der Waals surface area contributed by atoms with Crippen molar-refractivity contribution in [2.45, 2.75) is 19.5 Å². The first kappa shape index (κ1) is 17.9. The van der Waals surface area contributed by atoms with Crippen molar-refractivity contribution in [1.82, 2.24) is 14.7 Å². The van der Waals surface area contributed by atoms with Gasteiger partial charge in [0.15, 0.2) is 0 Å². The van der Waals surface area contributed by atoms with E-state index in [1.165, 1.54) is 0 Å². The van der Waals surface area contributed by atoms with Crippen molar-refractivity contribution in [3.05, 3.63) is 35.9 Å². The van der Waals surface area contributed by atoms with Crippen molar-refractivity contribution in [3.8, 4) is 0 Å². The summed E-state index contributed by atoms with van der Waals surface area (Å²) in [6.07, 6.45) is -0.711. The normalized spacial score (nSPS) is 20.0. The van der Waals surface area contributed by atoms with Crippen LogP contribution in [0.5, 0.6) is 0 Å². The van der Waals surface area contributed by atoms with E-state index in [0.29, 0.717) is 31.7 Å². The standard InChI is InChI=1S/C19H26FN3O2/c1-3-21(2)11-16(24)22-10-9-19(12-22)13-23(14-19)18(25)17(20)15-7-5-4-6-8-15/h4-8,17H,3,9-14H2,1-2H3. The van der Waals surface area contributed by atoms with Crippen LogP contribution in [0.25, 0.3) is 0 Å². The van der Waals surface area contributed by atoms with Gasteiger partial charge >= 0.3 is 0 Å². The summed E-state index contributed by atoms with van der Waals surface area (Å²) in [6.45, 7) is 5.79. The Kier molecular flexibility index (Phi) is 5.08. The van der Waals surface area contributed by atoms with E-state index in [0.717, 1.165) is 19.5 Å². The fourth-order valence-corrected chi connectivity index (χ4v) is 3.69. The van der Waals surface area contributed by atoms with E-state index >= 15 is 0 Å². The first-order chi connectivity index (χ1) is 11.9. The predicted molar refractivity (Wildman–Crippen MR) is 93.7 cm³/mol. The maximum atomic E-state index is 14.4. The summed E-state index contributed by atoms with van der Waals surface area (Å²) in [5, 5.41) is 0. The lowest BCUT2D eigenvalue weighted by Gasteiger charge is -2.48. The summed E-state index contributed by atoms with van der Waals surface area (Å²) < 4.78 is 14.4. The van der Waals surface area contributed by atoms with E-state index in [4.69, 9.17) is 0 Å². The number of hydrogen-bond donors (Lipinski definition) is 0. The van der Waals surface area contributed by atoms with Crippen LogP contribution in [0.4, 0.5) is 4.39 Å². The van der Waals surface area contributed by atoms with E-state index in [-0.39, 0.29) is 11.3 Å². The van der Waals surface area contributed by atoms with Gasteiger partial charge in [-0.3, -0.25) is 14.5 Å². The lowest BCUT2D eigenvalue weighted by Crippen LogP contribution is -2.60. The largest absolute Gasteiger partial charge is 0.341 e. The van der Waals surface area contributed by atoms with E-state index in [1.54, 1.807) is 35.2 Å². The number of benzene rings is 1. The number of carbonyl (C=O) groups excluding carboxylic acids is 2. The molecule has 0 bridgehead atoms. The molecule has 0 saturated carbocycles. The number of likely N-dealkylation sites (N-methyl/N-ethyl adjacent to an activating group) is 1. The molecule has 2 fully saturated rings. The number of amides is 2. The van der Waals surface area contributed by atoms with Gasteiger partial charge in [-0.05, 0) is 25.6 Å². The highest BCUT2D eigenvalue weighted by molar-refractivity contribution is 5.83. The summed E-state index contributed by atoms with van der Waals surface area (Å²) in [4.78, 5) is 30.1. The molecule has 2 aliphatic heterocycles. The fraction of sp³-hybridized carbons (Fsp3) is 0.579. The van der Waals surface area contributed by atoms with Gasteiger partial charge in [-0.25, -0.2) is 4.39 Å². The number of alkyl halides is 1. The maximum absolute atomic E-state index is 14.4. The maximum Gasteiger partial charge on any atom is 0.261 e. The molecule has 2 amide bonds. The molecule has 1 atom stereocenters. The Balaban J connectivity index is 1.52. The number of rotatable bonds is 5. The van der Waals surface area contributed by atoms with Gasteiger partial charge in [-0.1, -0.05) is 37.3 Å². The van der Waals surface area contributed by atoms with Crippen molar-refractivity contribution in [2.24, 2.45) is 5.41 Å². The van der Waals surface area contributed by atoms with E-state index in [1.807, 2.05) is 23.8 Å². The molecule has 0 N–H and O–H groups in total. The molecule has 1 aromatic carbocycles. The van der Waals surface area contributed by atoms with Crippen LogP contribution in [0.2, 0.25) is 0 Å². The van der Waals surface area contributed by atoms with Crippen LogP contribution < -0.4 is 0 Å². The highest BCUT2D eigenvalue weighted by atomic mass is 19.1. The molecule has 0 aliphatic carbocycles. The minimum atomic E-state index is -1.60. The van der Waals surface area contributed by atoms with Crippen LogP contribution in [0.3, 0.4) is 0 Å². The summed E-state index contributed by atoms with van der Waals surface area (Å²) in [6, 6.07) is 8.55. The lowest BCUT2D eigenvalue weighted by molar-refractivity contribution is -0.149. The van der Waals surface area contributed by atoms with Crippen molar-refractivity contribution in [2.75, 3.05) is 46.3 Å². The Labute approximate surface area is 148 Å². The molecule has 2 heterocycles. The second-order valence-corrected chi connectivity index (χ2v) is 7.36. The van der Waals surface area contributed by atoms with Crippen LogP contribution in [0.1, 0.15) is 25.1 Å². The third-order valence-electron chi connectivity index (χ3n) is 5.41. The van der Waals surface area contributed by atoms with Gasteiger partial charge in [0.2, 0.25) is 12.1 Å². The minimum absolute atomic E-state index is 0.0352. The second kappa shape index (κ2) is 7.12. The molecule has 136 valence electrons. The molecule has 2 aliphatic rings. The van der Waals surface area contributed by atoms with Gasteiger partial charge in [-0.15, -0.1) is 0 Å². The number of halogens is 1. The van der Waals surface area contributed by atoms with Crippen molar-refractivity contribution in [1.29, 1.82) is 0 Å². The molecular weight excluding hydrogens is 321 g/mol. The number of nitrogens with zero attached hydrogens (tertiary/aromatic N) is 3. The Morgan fingerprint density at radius 3 is 2.48 bits per heavy atom. The minimum Gasteiger partial charge on any atom is -0.341 e. The third kappa shape index (κ3) is 3.68. The Hall–Kier alpha value is -1.95. The van der Waals surface area contributed by atoms with Crippen molar-refractivity contribution >= 4 is 11.8 Å². The van der Waals surface area contributed by atoms with Gasteiger partial charge in [-0.2, -0.15) is 0 Å². The van der Waals surface area contributed by atoms with Crippen molar-refractivity contribution < 1.29 is 14.0 Å². The average Bonchev–Trinajstić information content (AvgIpc) is 3.05. The second-order valence-electron chi connectivity index (χ2n) is 7.36. The molecule has 5 nitrogen and oxygen atoms in total. The molecule has 1 unspecified atom stereocenters. The van der Waals surface area contributed by atoms with Gasteiger partial charge in [0, 0.05) is 31.6 Å². The fourth-order valence-electron chi connectivity index (χ4n) is 3.69. The molecule has 2 saturated heterocycles. The highest BCUT2D eigenvalue weighted by Crippen LogP contribution is 2.41. The summed E-state index contributed by atoms with van der Waals surface area (Å²) in [7, 11) is 1.93. The average molecular weight is 347 g/mol. The first-order valence-electron chi connectivity index (χ1n) is 8.88. The molecular formula is C19H26FN3O2. The Morgan fingerprint density at radius 1 is 1.20 bits per heavy atom. The van der Waals surface area contributed by atoms with Crippen LogP contribution >= 0.6 is 0 Å². The predicted octanol–water partition coefficient (Wildman–Crippen LogP) is 1.71. The molecule has 25 heavy (non-hydrogen) atoms. The van der Waals surface area contributed by atoms with Gasteiger partial charge in [0.05, 0.1) is 6.54 Å². The summed E-state index contributed by atoms with van der Waals surface area (Å²) in [5.74, 6) is -0.328. The zero-order valence-electron chi connectivity index (χ0n) is 14.9. The van der Waals surface area contributed by atoms with Crippen molar-refractivity contribution in [3.63, 3.8) is 0 Å².